The van der Waals surface area contributed by atoms with Gasteiger partial charge in [0.25, 0.3) is 0 Å². The van der Waals surface area contributed by atoms with E-state index in [-0.39, 0.29) is 26.3 Å². The number of halogens is 5. The van der Waals surface area contributed by atoms with Crippen molar-refractivity contribution in [1.82, 2.24) is 0 Å². The molecule has 0 saturated carbocycles. The number of rotatable bonds is 3. The maximum absolute atomic E-state index is 12.6. The van der Waals surface area contributed by atoms with Gasteiger partial charge in [0.2, 0.25) is 0 Å². The fourth-order valence-corrected chi connectivity index (χ4v) is 2.29. The van der Waals surface area contributed by atoms with E-state index in [0.29, 0.717) is 6.07 Å². The monoisotopic (exact) mass is 420 g/mol. The first-order valence-corrected chi connectivity index (χ1v) is 6.46. The molecule has 0 aromatic heterocycles. The molecule has 17 heavy (non-hydrogen) atoms. The summed E-state index contributed by atoms with van der Waals surface area (Å²) >= 11 is 4.40. The molecule has 0 saturated heterocycles. The van der Waals surface area contributed by atoms with Gasteiger partial charge in [-0.15, -0.1) is 0 Å². The Balaban J connectivity index is 3.45. The first-order chi connectivity index (χ1) is 7.81. The van der Waals surface area contributed by atoms with E-state index in [1.807, 2.05) is 0 Å². The summed E-state index contributed by atoms with van der Waals surface area (Å²) in [4.78, 5) is 22.1. The lowest BCUT2D eigenvalue weighted by molar-refractivity contribution is -0.138. The van der Waals surface area contributed by atoms with Crippen LogP contribution in [0.4, 0.5) is 13.2 Å². The van der Waals surface area contributed by atoms with Crippen molar-refractivity contribution in [2.24, 2.45) is 0 Å². The van der Waals surface area contributed by atoms with E-state index in [0.717, 1.165) is 6.07 Å². The highest BCUT2D eigenvalue weighted by Gasteiger charge is 2.34. The Morgan fingerprint density at radius 3 is 2.41 bits per heavy atom. The van der Waals surface area contributed by atoms with Gasteiger partial charge in [-0.1, -0.05) is 15.9 Å². The molecule has 0 aliphatic rings. The molecule has 0 fully saturated rings. The van der Waals surface area contributed by atoms with Crippen molar-refractivity contribution in [3.05, 3.63) is 32.4 Å². The van der Waals surface area contributed by atoms with Crippen LogP contribution in [0.15, 0.2) is 12.1 Å². The van der Waals surface area contributed by atoms with Gasteiger partial charge in [-0.3, -0.25) is 9.59 Å². The molecule has 0 aliphatic heterocycles. The SMILES string of the molecule is O=Cc1cc(C(F)(F)F)c(I)cc1C(=O)CBr. The van der Waals surface area contributed by atoms with Crippen LogP contribution in [0.2, 0.25) is 0 Å². The van der Waals surface area contributed by atoms with Crippen molar-refractivity contribution in [3.63, 3.8) is 0 Å². The molecule has 0 atom stereocenters. The third kappa shape index (κ3) is 3.27. The van der Waals surface area contributed by atoms with Crippen LogP contribution in [0.25, 0.3) is 0 Å². The molecule has 1 aromatic rings. The number of Topliss-reactive ketones (excluding diaryl/α,β-unsaturated/α-hetero) is 1. The lowest BCUT2D eigenvalue weighted by Crippen LogP contribution is -2.12. The normalized spacial score (nSPS) is 11.4. The van der Waals surface area contributed by atoms with Gasteiger partial charge < -0.3 is 0 Å². The quantitative estimate of drug-likeness (QED) is 0.323. The number of carbonyl (C=O) groups excluding carboxylic acids is 2. The molecule has 2 nitrogen and oxygen atoms in total. The molecule has 0 heterocycles. The summed E-state index contributed by atoms with van der Waals surface area (Å²) in [6.07, 6.45) is -4.29. The first-order valence-electron chi connectivity index (χ1n) is 4.26. The second-order valence-corrected chi connectivity index (χ2v) is 4.81. The number of hydrogen-bond acceptors (Lipinski definition) is 2. The van der Waals surface area contributed by atoms with E-state index in [1.165, 1.54) is 22.6 Å². The fourth-order valence-electron chi connectivity index (χ4n) is 1.22. The maximum Gasteiger partial charge on any atom is 0.417 e. The standard InChI is InChI=1S/C10H5BrF3IO2/c11-3-9(17)6-2-8(15)7(10(12,13)14)1-5(6)4-16/h1-2,4H,3H2. The minimum Gasteiger partial charge on any atom is -0.298 e. The van der Waals surface area contributed by atoms with Gasteiger partial charge in [0.05, 0.1) is 10.9 Å². The Morgan fingerprint density at radius 2 is 2.00 bits per heavy atom. The summed E-state index contributed by atoms with van der Waals surface area (Å²) in [6.45, 7) is 0. The summed E-state index contributed by atoms with van der Waals surface area (Å²) in [6, 6.07) is 1.78. The van der Waals surface area contributed by atoms with Crippen LogP contribution in [-0.2, 0) is 6.18 Å². The van der Waals surface area contributed by atoms with Gasteiger partial charge in [-0.2, -0.15) is 13.2 Å². The predicted octanol–water partition coefficient (Wildman–Crippen LogP) is 3.70. The number of ketones is 1. The zero-order valence-corrected chi connectivity index (χ0v) is 11.9. The number of carbonyl (C=O) groups is 2. The molecule has 1 rings (SSSR count). The van der Waals surface area contributed by atoms with Crippen LogP contribution < -0.4 is 0 Å². The number of hydrogen-bond donors (Lipinski definition) is 0. The van der Waals surface area contributed by atoms with E-state index in [4.69, 9.17) is 0 Å². The third-order valence-electron chi connectivity index (χ3n) is 1.99. The minimum atomic E-state index is -4.54. The van der Waals surface area contributed by atoms with Crippen molar-refractivity contribution < 1.29 is 22.8 Å². The van der Waals surface area contributed by atoms with Crippen molar-refractivity contribution >= 4 is 50.6 Å². The highest BCUT2D eigenvalue weighted by Crippen LogP contribution is 2.34. The van der Waals surface area contributed by atoms with Crippen LogP contribution >= 0.6 is 38.5 Å². The van der Waals surface area contributed by atoms with Gasteiger partial charge in [-0.05, 0) is 34.7 Å². The van der Waals surface area contributed by atoms with Crippen LogP contribution in [0.5, 0.6) is 0 Å². The topological polar surface area (TPSA) is 34.1 Å². The van der Waals surface area contributed by atoms with Crippen molar-refractivity contribution in [2.45, 2.75) is 6.18 Å². The largest absolute Gasteiger partial charge is 0.417 e. The number of benzene rings is 1. The summed E-state index contributed by atoms with van der Waals surface area (Å²) in [7, 11) is 0. The predicted molar refractivity (Wildman–Crippen MR) is 67.7 cm³/mol. The Kier molecular flexibility index (Phi) is 4.70. The first kappa shape index (κ1) is 14.6. The molecule has 0 N–H and O–H groups in total. The zero-order valence-electron chi connectivity index (χ0n) is 8.15. The lowest BCUT2D eigenvalue weighted by atomic mass is 10.0. The van der Waals surface area contributed by atoms with Crippen LogP contribution in [0.3, 0.4) is 0 Å². The molecule has 92 valence electrons. The summed E-state index contributed by atoms with van der Waals surface area (Å²) in [5.41, 5.74) is -1.16. The average molecular weight is 421 g/mol. The highest BCUT2D eigenvalue weighted by atomic mass is 127. The third-order valence-corrected chi connectivity index (χ3v) is 3.40. The Labute approximate surface area is 117 Å². The molecule has 0 aliphatic carbocycles. The molecule has 7 heteroatoms. The molecule has 0 unspecified atom stereocenters. The van der Waals surface area contributed by atoms with E-state index < -0.39 is 17.5 Å². The van der Waals surface area contributed by atoms with Gasteiger partial charge in [0, 0.05) is 14.7 Å². The molecule has 0 spiro atoms. The van der Waals surface area contributed by atoms with Crippen molar-refractivity contribution in [3.8, 4) is 0 Å². The molecule has 1 aromatic carbocycles. The average Bonchev–Trinajstić information content (AvgIpc) is 2.26. The van der Waals surface area contributed by atoms with E-state index in [1.54, 1.807) is 0 Å². The van der Waals surface area contributed by atoms with E-state index >= 15 is 0 Å². The lowest BCUT2D eigenvalue weighted by Gasteiger charge is -2.12. The summed E-state index contributed by atoms with van der Waals surface area (Å²) in [5, 5.41) is -0.0463. The van der Waals surface area contributed by atoms with Gasteiger partial charge in [0.15, 0.2) is 12.1 Å². The molecule has 0 bridgehead atoms. The molecular formula is C10H5BrF3IO2. The minimum absolute atomic E-state index is 0.00530. The molecular weight excluding hydrogens is 416 g/mol. The van der Waals surface area contributed by atoms with Crippen LogP contribution in [-0.4, -0.2) is 17.4 Å². The van der Waals surface area contributed by atoms with Crippen LogP contribution in [0.1, 0.15) is 26.3 Å². The zero-order chi connectivity index (χ0) is 13.2. The second-order valence-electron chi connectivity index (χ2n) is 3.09. The van der Waals surface area contributed by atoms with Crippen LogP contribution in [0, 0.1) is 3.57 Å². The number of aldehydes is 1. The summed E-state index contributed by atoms with van der Waals surface area (Å²) < 4.78 is 37.6. The summed E-state index contributed by atoms with van der Waals surface area (Å²) in [5.74, 6) is -0.432. The molecule has 0 amide bonds. The van der Waals surface area contributed by atoms with Gasteiger partial charge in [-0.25, -0.2) is 0 Å². The van der Waals surface area contributed by atoms with Gasteiger partial charge in [0.1, 0.15) is 0 Å². The van der Waals surface area contributed by atoms with E-state index in [2.05, 4.69) is 15.9 Å². The Hall–Kier alpha value is -0.440. The van der Waals surface area contributed by atoms with Crippen molar-refractivity contribution in [2.75, 3.05) is 5.33 Å². The van der Waals surface area contributed by atoms with E-state index in [9.17, 15) is 22.8 Å². The highest BCUT2D eigenvalue weighted by molar-refractivity contribution is 14.1. The van der Waals surface area contributed by atoms with Gasteiger partial charge >= 0.3 is 6.18 Å². The number of alkyl halides is 4. The molecule has 0 radical (unpaired) electrons. The fraction of sp³-hybridized carbons (Fsp3) is 0.200. The second kappa shape index (κ2) is 5.47. The Morgan fingerprint density at radius 1 is 1.41 bits per heavy atom. The Bertz CT molecular complexity index is 471. The van der Waals surface area contributed by atoms with Crippen molar-refractivity contribution in [1.29, 1.82) is 0 Å². The smallest absolute Gasteiger partial charge is 0.298 e. The maximum atomic E-state index is 12.6.